The van der Waals surface area contributed by atoms with E-state index in [1.54, 1.807) is 24.3 Å². The van der Waals surface area contributed by atoms with E-state index in [4.69, 9.17) is 20.9 Å². The number of halogens is 4. The van der Waals surface area contributed by atoms with Gasteiger partial charge < -0.3 is 14.6 Å². The summed E-state index contributed by atoms with van der Waals surface area (Å²) < 4.78 is 48.9. The maximum absolute atomic E-state index is 12.9. The van der Waals surface area contributed by atoms with Crippen molar-refractivity contribution in [3.05, 3.63) is 64.8 Å². The van der Waals surface area contributed by atoms with Crippen LogP contribution >= 0.6 is 11.6 Å². The van der Waals surface area contributed by atoms with E-state index in [9.17, 15) is 18.0 Å². The van der Waals surface area contributed by atoms with Crippen molar-refractivity contribution < 1.29 is 27.2 Å². The number of aromatic nitrogens is 1. The number of nitrogens with one attached hydrogen (secondary N) is 1. The van der Waals surface area contributed by atoms with Gasteiger partial charge in [0.25, 0.3) is 5.91 Å². The third kappa shape index (κ3) is 4.22. The fourth-order valence-electron chi connectivity index (χ4n) is 2.29. The minimum absolute atomic E-state index is 0.0641. The number of methoxy groups -OCH3 is 1. The molecule has 0 unspecified atom stereocenters. The smallest absolute Gasteiger partial charge is 0.417 e. The van der Waals surface area contributed by atoms with Gasteiger partial charge in [0.05, 0.1) is 17.7 Å². The van der Waals surface area contributed by atoms with E-state index in [1.165, 1.54) is 19.2 Å². The summed E-state index contributed by atoms with van der Waals surface area (Å²) in [6.07, 6.45) is -4.63. The van der Waals surface area contributed by atoms with Crippen molar-refractivity contribution in [2.24, 2.45) is 0 Å². The summed E-state index contributed by atoms with van der Waals surface area (Å²) in [4.78, 5) is 12.2. The van der Waals surface area contributed by atoms with Crippen molar-refractivity contribution in [1.29, 1.82) is 0 Å². The third-order valence-corrected chi connectivity index (χ3v) is 3.98. The van der Waals surface area contributed by atoms with Gasteiger partial charge in [-0.05, 0) is 42.5 Å². The van der Waals surface area contributed by atoms with Gasteiger partial charge in [-0.15, -0.1) is 0 Å². The summed E-state index contributed by atoms with van der Waals surface area (Å²) in [6, 6.07) is 11.3. The average Bonchev–Trinajstić information content (AvgIpc) is 3.13. The lowest BCUT2D eigenvalue weighted by Gasteiger charge is -2.11. The molecule has 5 nitrogen and oxygen atoms in total. The number of anilines is 1. The summed E-state index contributed by atoms with van der Waals surface area (Å²) in [5.41, 5.74) is -0.524. The van der Waals surface area contributed by atoms with E-state index in [2.05, 4.69) is 10.5 Å². The third-order valence-electron chi connectivity index (χ3n) is 3.65. The highest BCUT2D eigenvalue weighted by molar-refractivity contribution is 6.31. The van der Waals surface area contributed by atoms with E-state index in [-0.39, 0.29) is 11.4 Å². The minimum atomic E-state index is -4.63. The van der Waals surface area contributed by atoms with Crippen molar-refractivity contribution in [3.63, 3.8) is 0 Å². The van der Waals surface area contributed by atoms with Crippen LogP contribution in [0.25, 0.3) is 11.3 Å². The number of nitrogens with zero attached hydrogens (tertiary/aromatic N) is 1. The molecule has 0 saturated heterocycles. The number of rotatable bonds is 4. The second kappa shape index (κ2) is 7.32. The Kier molecular flexibility index (Phi) is 5.09. The van der Waals surface area contributed by atoms with E-state index in [1.807, 2.05) is 0 Å². The topological polar surface area (TPSA) is 64.4 Å². The van der Waals surface area contributed by atoms with Crippen LogP contribution in [0.3, 0.4) is 0 Å². The van der Waals surface area contributed by atoms with Crippen LogP contribution in [0.5, 0.6) is 5.75 Å². The zero-order valence-electron chi connectivity index (χ0n) is 13.8. The van der Waals surface area contributed by atoms with Crippen LogP contribution in [0.2, 0.25) is 5.02 Å². The van der Waals surface area contributed by atoms with Crippen LogP contribution in [-0.4, -0.2) is 18.2 Å². The Morgan fingerprint density at radius 3 is 2.48 bits per heavy atom. The first-order valence-corrected chi connectivity index (χ1v) is 7.95. The van der Waals surface area contributed by atoms with Crippen LogP contribution in [0.1, 0.15) is 16.1 Å². The lowest BCUT2D eigenvalue weighted by molar-refractivity contribution is -0.137. The van der Waals surface area contributed by atoms with Gasteiger partial charge in [-0.2, -0.15) is 13.2 Å². The summed E-state index contributed by atoms with van der Waals surface area (Å²) in [6.45, 7) is 0. The van der Waals surface area contributed by atoms with Crippen molar-refractivity contribution in [2.45, 2.75) is 6.18 Å². The number of ether oxygens (including phenoxy) is 1. The highest BCUT2D eigenvalue weighted by atomic mass is 35.5. The van der Waals surface area contributed by atoms with Gasteiger partial charge in [-0.1, -0.05) is 16.8 Å². The monoisotopic (exact) mass is 396 g/mol. The van der Waals surface area contributed by atoms with Gasteiger partial charge in [0.15, 0.2) is 11.5 Å². The Morgan fingerprint density at radius 1 is 1.15 bits per heavy atom. The van der Waals surface area contributed by atoms with Gasteiger partial charge in [0, 0.05) is 17.3 Å². The standard InChI is InChI=1S/C18H12ClF3N2O3/c1-26-12-5-2-10(3-6-12)16-9-15(24-27-16)17(25)23-11-4-7-14(19)13(8-11)18(20,21)22/h2-9H,1H3,(H,23,25). The number of hydrogen-bond acceptors (Lipinski definition) is 4. The van der Waals surface area contributed by atoms with E-state index in [0.717, 1.165) is 12.1 Å². The summed E-state index contributed by atoms with van der Waals surface area (Å²) >= 11 is 5.56. The van der Waals surface area contributed by atoms with Crippen LogP contribution in [0, 0.1) is 0 Å². The second-order valence-electron chi connectivity index (χ2n) is 5.45. The first-order valence-electron chi connectivity index (χ1n) is 7.57. The lowest BCUT2D eigenvalue weighted by atomic mass is 10.1. The number of alkyl halides is 3. The Balaban J connectivity index is 1.78. The molecule has 27 heavy (non-hydrogen) atoms. The molecule has 0 aliphatic carbocycles. The van der Waals surface area contributed by atoms with Crippen molar-refractivity contribution in [2.75, 3.05) is 12.4 Å². The molecule has 3 aromatic rings. The molecular formula is C18H12ClF3N2O3. The molecule has 0 spiro atoms. The van der Waals surface area contributed by atoms with Gasteiger partial charge >= 0.3 is 6.18 Å². The van der Waals surface area contributed by atoms with E-state index < -0.39 is 22.7 Å². The number of hydrogen-bond donors (Lipinski definition) is 1. The van der Waals surface area contributed by atoms with Gasteiger partial charge in [0.1, 0.15) is 5.75 Å². The molecule has 1 amide bonds. The highest BCUT2D eigenvalue weighted by Crippen LogP contribution is 2.36. The van der Waals surface area contributed by atoms with Crippen LogP contribution in [0.4, 0.5) is 18.9 Å². The summed E-state index contributed by atoms with van der Waals surface area (Å²) in [5, 5.41) is 5.54. The molecule has 140 valence electrons. The molecular weight excluding hydrogens is 385 g/mol. The average molecular weight is 397 g/mol. The minimum Gasteiger partial charge on any atom is -0.497 e. The fourth-order valence-corrected chi connectivity index (χ4v) is 2.51. The van der Waals surface area contributed by atoms with Gasteiger partial charge in [-0.3, -0.25) is 4.79 Å². The van der Waals surface area contributed by atoms with E-state index in [0.29, 0.717) is 17.1 Å². The number of amides is 1. The Labute approximate surface area is 156 Å². The summed E-state index contributed by atoms with van der Waals surface area (Å²) in [5.74, 6) is 0.267. The molecule has 0 atom stereocenters. The number of benzene rings is 2. The molecule has 2 aromatic carbocycles. The molecule has 1 aromatic heterocycles. The van der Waals surface area contributed by atoms with Gasteiger partial charge in [-0.25, -0.2) is 0 Å². The fraction of sp³-hybridized carbons (Fsp3) is 0.111. The molecule has 1 heterocycles. The zero-order valence-corrected chi connectivity index (χ0v) is 14.6. The second-order valence-corrected chi connectivity index (χ2v) is 5.86. The first-order chi connectivity index (χ1) is 12.8. The Morgan fingerprint density at radius 2 is 1.85 bits per heavy atom. The maximum atomic E-state index is 12.9. The lowest BCUT2D eigenvalue weighted by Crippen LogP contribution is -2.13. The van der Waals surface area contributed by atoms with Gasteiger partial charge in [0.2, 0.25) is 0 Å². The van der Waals surface area contributed by atoms with Crippen LogP contribution < -0.4 is 10.1 Å². The zero-order chi connectivity index (χ0) is 19.6. The SMILES string of the molecule is COc1ccc(-c2cc(C(=O)Nc3ccc(Cl)c(C(F)(F)F)c3)no2)cc1. The molecule has 1 N–H and O–H groups in total. The molecule has 0 aliphatic rings. The van der Waals surface area contributed by atoms with E-state index >= 15 is 0 Å². The summed E-state index contributed by atoms with van der Waals surface area (Å²) in [7, 11) is 1.53. The molecule has 0 radical (unpaired) electrons. The molecule has 0 fully saturated rings. The quantitative estimate of drug-likeness (QED) is 0.652. The predicted octanol–water partition coefficient (Wildman–Crippen LogP) is 5.27. The van der Waals surface area contributed by atoms with Crippen molar-refractivity contribution >= 4 is 23.2 Å². The first kappa shape index (κ1) is 18.8. The molecule has 0 saturated carbocycles. The number of carbonyl (C=O) groups is 1. The Bertz CT molecular complexity index is 969. The van der Waals surface area contributed by atoms with Crippen molar-refractivity contribution in [1.82, 2.24) is 5.16 Å². The van der Waals surface area contributed by atoms with Crippen LogP contribution in [-0.2, 0) is 6.18 Å². The molecule has 3 rings (SSSR count). The predicted molar refractivity (Wildman–Crippen MR) is 92.9 cm³/mol. The largest absolute Gasteiger partial charge is 0.497 e. The number of carbonyl (C=O) groups excluding carboxylic acids is 1. The maximum Gasteiger partial charge on any atom is 0.417 e. The van der Waals surface area contributed by atoms with Crippen molar-refractivity contribution in [3.8, 4) is 17.1 Å². The van der Waals surface area contributed by atoms with Crippen LogP contribution in [0.15, 0.2) is 53.1 Å². The highest BCUT2D eigenvalue weighted by Gasteiger charge is 2.33. The molecule has 0 aliphatic heterocycles. The molecule has 0 bridgehead atoms. The normalized spacial score (nSPS) is 11.3. The molecule has 9 heteroatoms. The Hall–Kier alpha value is -3.00.